The van der Waals surface area contributed by atoms with E-state index < -0.39 is 0 Å². The molecule has 0 spiro atoms. The highest BCUT2D eigenvalue weighted by Crippen LogP contribution is 2.25. The molecule has 18 heavy (non-hydrogen) atoms. The van der Waals surface area contributed by atoms with Crippen LogP contribution in [0.1, 0.15) is 21.7 Å². The van der Waals surface area contributed by atoms with Crippen LogP contribution in [0.5, 0.6) is 0 Å². The molecule has 2 heterocycles. The first-order valence-electron chi connectivity index (χ1n) is 5.36. The van der Waals surface area contributed by atoms with E-state index in [4.69, 9.17) is 16.0 Å². The van der Waals surface area contributed by atoms with E-state index in [1.54, 1.807) is 18.2 Å². The predicted octanol–water partition coefficient (Wildman–Crippen LogP) is 2.66. The van der Waals surface area contributed by atoms with Gasteiger partial charge in [0.2, 0.25) is 11.7 Å². The number of carbonyl (C=O) groups is 2. The van der Waals surface area contributed by atoms with Crippen molar-refractivity contribution in [3.63, 3.8) is 0 Å². The van der Waals surface area contributed by atoms with Gasteiger partial charge in [-0.3, -0.25) is 9.59 Å². The van der Waals surface area contributed by atoms with Crippen LogP contribution in [-0.4, -0.2) is 11.7 Å². The number of halogens is 1. The standard InChI is InChI=1S/C13H8ClNO3/c14-11-4-3-10(18-11)13(17)7-1-2-9-8(5-7)6-12(16)15-9/h1-5H,6H2,(H,15,16). The Labute approximate surface area is 108 Å². The number of hydrogen-bond donors (Lipinski definition) is 1. The highest BCUT2D eigenvalue weighted by Gasteiger charge is 2.20. The number of rotatable bonds is 2. The van der Waals surface area contributed by atoms with E-state index in [9.17, 15) is 9.59 Å². The summed E-state index contributed by atoms with van der Waals surface area (Å²) < 4.78 is 5.07. The van der Waals surface area contributed by atoms with Gasteiger partial charge in [0.15, 0.2) is 11.0 Å². The van der Waals surface area contributed by atoms with Crippen molar-refractivity contribution in [2.24, 2.45) is 0 Å². The lowest BCUT2D eigenvalue weighted by Crippen LogP contribution is -2.03. The smallest absolute Gasteiger partial charge is 0.228 e. The van der Waals surface area contributed by atoms with Gasteiger partial charge in [0.1, 0.15) is 0 Å². The molecule has 0 saturated carbocycles. The summed E-state index contributed by atoms with van der Waals surface area (Å²) in [6, 6.07) is 8.13. The zero-order valence-electron chi connectivity index (χ0n) is 9.20. The quantitative estimate of drug-likeness (QED) is 0.846. The Balaban J connectivity index is 1.96. The van der Waals surface area contributed by atoms with Gasteiger partial charge >= 0.3 is 0 Å². The Morgan fingerprint density at radius 3 is 2.83 bits per heavy atom. The van der Waals surface area contributed by atoms with Crippen molar-refractivity contribution in [2.45, 2.75) is 6.42 Å². The summed E-state index contributed by atoms with van der Waals surface area (Å²) in [7, 11) is 0. The molecular weight excluding hydrogens is 254 g/mol. The maximum atomic E-state index is 12.1. The Bertz CT molecular complexity index is 660. The first-order chi connectivity index (χ1) is 8.63. The molecule has 0 bridgehead atoms. The van der Waals surface area contributed by atoms with Crippen LogP contribution in [0, 0.1) is 0 Å². The molecule has 0 fully saturated rings. The summed E-state index contributed by atoms with van der Waals surface area (Å²) in [6.45, 7) is 0. The van der Waals surface area contributed by atoms with Crippen LogP contribution in [0.3, 0.4) is 0 Å². The first-order valence-corrected chi connectivity index (χ1v) is 5.74. The second-order valence-electron chi connectivity index (χ2n) is 4.03. The van der Waals surface area contributed by atoms with E-state index >= 15 is 0 Å². The largest absolute Gasteiger partial charge is 0.441 e. The van der Waals surface area contributed by atoms with E-state index in [1.165, 1.54) is 12.1 Å². The van der Waals surface area contributed by atoms with E-state index in [1.807, 2.05) is 0 Å². The van der Waals surface area contributed by atoms with Crippen molar-refractivity contribution in [1.82, 2.24) is 0 Å². The summed E-state index contributed by atoms with van der Waals surface area (Å²) in [4.78, 5) is 23.3. The molecule has 1 N–H and O–H groups in total. The van der Waals surface area contributed by atoms with E-state index in [2.05, 4.69) is 5.32 Å². The van der Waals surface area contributed by atoms with Crippen LogP contribution in [-0.2, 0) is 11.2 Å². The SMILES string of the molecule is O=C1Cc2cc(C(=O)c3ccc(Cl)o3)ccc2N1. The lowest BCUT2D eigenvalue weighted by Gasteiger charge is -2.01. The summed E-state index contributed by atoms with van der Waals surface area (Å²) in [6.07, 6.45) is 0.301. The fraction of sp³-hybridized carbons (Fsp3) is 0.0769. The Morgan fingerprint density at radius 1 is 1.28 bits per heavy atom. The van der Waals surface area contributed by atoms with Crippen LogP contribution < -0.4 is 5.32 Å². The molecule has 0 atom stereocenters. The third-order valence-electron chi connectivity index (χ3n) is 2.79. The van der Waals surface area contributed by atoms with Crippen molar-refractivity contribution >= 4 is 29.0 Å². The molecule has 1 aliphatic heterocycles. The minimum atomic E-state index is -0.246. The van der Waals surface area contributed by atoms with E-state index in [0.29, 0.717) is 12.0 Å². The summed E-state index contributed by atoms with van der Waals surface area (Å²) in [5.74, 6) is -0.114. The Morgan fingerprint density at radius 2 is 2.11 bits per heavy atom. The van der Waals surface area contributed by atoms with Crippen molar-refractivity contribution in [3.05, 3.63) is 52.4 Å². The fourth-order valence-corrected chi connectivity index (χ4v) is 2.10. The van der Waals surface area contributed by atoms with Gasteiger partial charge in [0, 0.05) is 11.3 Å². The summed E-state index contributed by atoms with van der Waals surface area (Å²) in [5, 5.41) is 2.89. The van der Waals surface area contributed by atoms with Crippen LogP contribution in [0.15, 0.2) is 34.7 Å². The van der Waals surface area contributed by atoms with Crippen LogP contribution in [0.25, 0.3) is 0 Å². The van der Waals surface area contributed by atoms with E-state index in [-0.39, 0.29) is 22.7 Å². The average molecular weight is 262 g/mol. The van der Waals surface area contributed by atoms with Crippen molar-refractivity contribution in [3.8, 4) is 0 Å². The van der Waals surface area contributed by atoms with Crippen LogP contribution in [0.4, 0.5) is 5.69 Å². The van der Waals surface area contributed by atoms with Crippen molar-refractivity contribution in [2.75, 3.05) is 5.32 Å². The molecule has 0 saturated heterocycles. The number of anilines is 1. The molecule has 2 aromatic rings. The maximum absolute atomic E-state index is 12.1. The molecule has 1 aromatic heterocycles. The van der Waals surface area contributed by atoms with Gasteiger partial charge < -0.3 is 9.73 Å². The van der Waals surface area contributed by atoms with Gasteiger partial charge in [-0.25, -0.2) is 0 Å². The number of hydrogen-bond acceptors (Lipinski definition) is 3. The third-order valence-corrected chi connectivity index (χ3v) is 2.99. The molecule has 1 aromatic carbocycles. The second kappa shape index (κ2) is 3.99. The lowest BCUT2D eigenvalue weighted by molar-refractivity contribution is -0.115. The van der Waals surface area contributed by atoms with Gasteiger partial charge in [-0.05, 0) is 47.5 Å². The summed E-state index contributed by atoms with van der Waals surface area (Å²) in [5.41, 5.74) is 2.06. The van der Waals surface area contributed by atoms with Gasteiger partial charge in [0.25, 0.3) is 0 Å². The number of furan rings is 1. The molecule has 90 valence electrons. The zero-order chi connectivity index (χ0) is 12.7. The van der Waals surface area contributed by atoms with Gasteiger partial charge in [-0.15, -0.1) is 0 Å². The molecule has 0 aliphatic carbocycles. The Kier molecular flexibility index (Phi) is 2.45. The minimum Gasteiger partial charge on any atom is -0.441 e. The minimum absolute atomic E-state index is 0.0596. The third kappa shape index (κ3) is 1.80. The predicted molar refractivity (Wildman–Crippen MR) is 65.9 cm³/mol. The molecular formula is C13H8ClNO3. The Hall–Kier alpha value is -2.07. The van der Waals surface area contributed by atoms with Gasteiger partial charge in [-0.2, -0.15) is 0 Å². The molecule has 4 nitrogen and oxygen atoms in total. The second-order valence-corrected chi connectivity index (χ2v) is 4.40. The molecule has 3 rings (SSSR count). The monoisotopic (exact) mass is 261 g/mol. The van der Waals surface area contributed by atoms with Crippen molar-refractivity contribution < 1.29 is 14.0 Å². The van der Waals surface area contributed by atoms with Gasteiger partial charge in [0.05, 0.1) is 6.42 Å². The average Bonchev–Trinajstić information content (AvgIpc) is 2.92. The molecule has 1 amide bonds. The van der Waals surface area contributed by atoms with Crippen molar-refractivity contribution in [1.29, 1.82) is 0 Å². The number of amides is 1. The molecule has 1 aliphatic rings. The number of benzene rings is 1. The van der Waals surface area contributed by atoms with E-state index in [0.717, 1.165) is 11.3 Å². The molecule has 0 radical (unpaired) electrons. The fourth-order valence-electron chi connectivity index (χ4n) is 1.95. The number of ketones is 1. The molecule has 0 unspecified atom stereocenters. The van der Waals surface area contributed by atoms with Gasteiger partial charge in [-0.1, -0.05) is 0 Å². The number of fused-ring (bicyclic) bond motifs is 1. The highest BCUT2D eigenvalue weighted by atomic mass is 35.5. The lowest BCUT2D eigenvalue weighted by atomic mass is 10.0. The highest BCUT2D eigenvalue weighted by molar-refractivity contribution is 6.29. The number of nitrogens with one attached hydrogen (secondary N) is 1. The maximum Gasteiger partial charge on any atom is 0.228 e. The normalized spacial score (nSPS) is 13.3. The number of carbonyl (C=O) groups excluding carboxylic acids is 2. The first kappa shape index (κ1) is 11.0. The topological polar surface area (TPSA) is 59.3 Å². The van der Waals surface area contributed by atoms with Crippen LogP contribution in [0.2, 0.25) is 5.22 Å². The molecule has 5 heteroatoms. The zero-order valence-corrected chi connectivity index (χ0v) is 9.95. The summed E-state index contributed by atoms with van der Waals surface area (Å²) >= 11 is 5.63. The van der Waals surface area contributed by atoms with Crippen LogP contribution >= 0.6 is 11.6 Å².